The highest BCUT2D eigenvalue weighted by Crippen LogP contribution is 2.31. The lowest BCUT2D eigenvalue weighted by Gasteiger charge is -2.37. The maximum atomic E-state index is 12.1. The van der Waals surface area contributed by atoms with Crippen molar-refractivity contribution in [1.29, 1.82) is 0 Å². The first-order chi connectivity index (χ1) is 10.2. The molecule has 7 heteroatoms. The van der Waals surface area contributed by atoms with Crippen molar-refractivity contribution in [3.05, 3.63) is 0 Å². The van der Waals surface area contributed by atoms with E-state index < -0.39 is 5.79 Å². The van der Waals surface area contributed by atoms with Crippen molar-refractivity contribution >= 4 is 11.8 Å². The number of nitrogens with zero attached hydrogens (tertiary/aromatic N) is 1. The summed E-state index contributed by atoms with van der Waals surface area (Å²) in [6.45, 7) is 3.54. The predicted octanol–water partition coefficient (Wildman–Crippen LogP) is -0.105. The lowest BCUT2D eigenvalue weighted by atomic mass is 10.0. The van der Waals surface area contributed by atoms with Crippen LogP contribution in [-0.4, -0.2) is 69.1 Å². The molecule has 0 radical (unpaired) electrons. The Balaban J connectivity index is 1.66. The number of ether oxygens (including phenoxy) is 3. The number of amides is 2. The number of carbonyl (C=O) groups is 2. The molecule has 0 bridgehead atoms. The van der Waals surface area contributed by atoms with E-state index in [0.717, 1.165) is 6.42 Å². The molecule has 0 saturated carbocycles. The van der Waals surface area contributed by atoms with E-state index in [2.05, 4.69) is 5.32 Å². The van der Waals surface area contributed by atoms with E-state index in [-0.39, 0.29) is 18.2 Å². The van der Waals surface area contributed by atoms with E-state index in [0.29, 0.717) is 52.3 Å². The third kappa shape index (κ3) is 4.66. The Hall–Kier alpha value is -1.18. The van der Waals surface area contributed by atoms with Crippen LogP contribution in [0.1, 0.15) is 25.7 Å². The zero-order valence-electron chi connectivity index (χ0n) is 12.6. The fraction of sp³-hybridized carbons (Fsp3) is 0.857. The number of hydrogen-bond donors (Lipinski definition) is 1. The Labute approximate surface area is 124 Å². The maximum Gasteiger partial charge on any atom is 0.232 e. The molecule has 7 nitrogen and oxygen atoms in total. The van der Waals surface area contributed by atoms with E-state index >= 15 is 0 Å². The normalized spacial score (nSPS) is 20.7. The van der Waals surface area contributed by atoms with Crippen LogP contribution < -0.4 is 5.32 Å². The molecule has 2 saturated heterocycles. The standard InChI is InChI=1S/C14H24N2O5/c1-19-8-2-5-15-12(17)11-13(18)16-6-3-14(4-7-16)20-9-10-21-14/h2-11H2,1H3,(H,15,17). The third-order valence-corrected chi connectivity index (χ3v) is 3.85. The molecule has 1 N–H and O–H groups in total. The minimum absolute atomic E-state index is 0.0955. The van der Waals surface area contributed by atoms with Crippen molar-refractivity contribution < 1.29 is 23.8 Å². The van der Waals surface area contributed by atoms with Gasteiger partial charge in [-0.25, -0.2) is 0 Å². The summed E-state index contributed by atoms with van der Waals surface area (Å²) in [6.07, 6.45) is 2.00. The summed E-state index contributed by atoms with van der Waals surface area (Å²) in [4.78, 5) is 25.4. The Kier molecular flexibility index (Phi) is 5.96. The highest BCUT2D eigenvalue weighted by Gasteiger charge is 2.40. The molecule has 2 aliphatic rings. The van der Waals surface area contributed by atoms with E-state index in [9.17, 15) is 9.59 Å². The van der Waals surface area contributed by atoms with E-state index in [1.807, 2.05) is 0 Å². The van der Waals surface area contributed by atoms with E-state index in [1.165, 1.54) is 0 Å². The monoisotopic (exact) mass is 300 g/mol. The highest BCUT2D eigenvalue weighted by atomic mass is 16.7. The van der Waals surface area contributed by atoms with Gasteiger partial charge < -0.3 is 24.4 Å². The number of nitrogens with one attached hydrogen (secondary N) is 1. The quantitative estimate of drug-likeness (QED) is 0.547. The van der Waals surface area contributed by atoms with Gasteiger partial charge >= 0.3 is 0 Å². The Morgan fingerprint density at radius 2 is 1.90 bits per heavy atom. The van der Waals surface area contributed by atoms with Crippen molar-refractivity contribution in [2.24, 2.45) is 0 Å². The van der Waals surface area contributed by atoms with Gasteiger partial charge in [0.15, 0.2) is 5.79 Å². The van der Waals surface area contributed by atoms with Crippen LogP contribution in [0.5, 0.6) is 0 Å². The van der Waals surface area contributed by atoms with Gasteiger partial charge in [-0.1, -0.05) is 0 Å². The highest BCUT2D eigenvalue weighted by molar-refractivity contribution is 5.96. The molecule has 2 rings (SSSR count). The van der Waals surface area contributed by atoms with Gasteiger partial charge in [0.1, 0.15) is 6.42 Å². The molecule has 0 aliphatic carbocycles. The number of hydrogen-bond acceptors (Lipinski definition) is 5. The van der Waals surface area contributed by atoms with Gasteiger partial charge in [0.05, 0.1) is 13.2 Å². The van der Waals surface area contributed by atoms with Crippen LogP contribution in [0.15, 0.2) is 0 Å². The lowest BCUT2D eigenvalue weighted by molar-refractivity contribution is -0.187. The maximum absolute atomic E-state index is 12.1. The third-order valence-electron chi connectivity index (χ3n) is 3.85. The molecular weight excluding hydrogens is 276 g/mol. The van der Waals surface area contributed by atoms with Crippen molar-refractivity contribution in [2.75, 3.05) is 46.6 Å². The van der Waals surface area contributed by atoms with Gasteiger partial charge in [-0.15, -0.1) is 0 Å². The number of rotatable bonds is 6. The average Bonchev–Trinajstić information content (AvgIpc) is 2.92. The Morgan fingerprint density at radius 3 is 2.52 bits per heavy atom. The first-order valence-corrected chi connectivity index (χ1v) is 7.46. The fourth-order valence-corrected chi connectivity index (χ4v) is 2.64. The van der Waals surface area contributed by atoms with E-state index in [4.69, 9.17) is 14.2 Å². The zero-order chi connectivity index (χ0) is 15.1. The second-order valence-corrected chi connectivity index (χ2v) is 5.36. The predicted molar refractivity (Wildman–Crippen MR) is 74.6 cm³/mol. The van der Waals surface area contributed by atoms with Gasteiger partial charge in [0, 0.05) is 46.2 Å². The van der Waals surface area contributed by atoms with Gasteiger partial charge in [0.25, 0.3) is 0 Å². The smallest absolute Gasteiger partial charge is 0.232 e. The van der Waals surface area contributed by atoms with Crippen LogP contribution >= 0.6 is 0 Å². The zero-order valence-corrected chi connectivity index (χ0v) is 12.6. The number of piperidine rings is 1. The van der Waals surface area contributed by atoms with Crippen LogP contribution in [0.2, 0.25) is 0 Å². The SMILES string of the molecule is COCCCNC(=O)CC(=O)N1CCC2(CC1)OCCO2. The molecule has 0 atom stereocenters. The second-order valence-electron chi connectivity index (χ2n) is 5.36. The average molecular weight is 300 g/mol. The van der Waals surface area contributed by atoms with Gasteiger partial charge in [0.2, 0.25) is 11.8 Å². The number of likely N-dealkylation sites (tertiary alicyclic amines) is 1. The molecule has 0 aromatic heterocycles. The molecule has 2 aliphatic heterocycles. The molecular formula is C14H24N2O5. The number of methoxy groups -OCH3 is 1. The molecule has 2 amide bonds. The fourth-order valence-electron chi connectivity index (χ4n) is 2.64. The topological polar surface area (TPSA) is 77.1 Å². The summed E-state index contributed by atoms with van der Waals surface area (Å²) in [5.41, 5.74) is 0. The molecule has 2 heterocycles. The van der Waals surface area contributed by atoms with Crippen molar-refractivity contribution in [2.45, 2.75) is 31.5 Å². The van der Waals surface area contributed by atoms with Crippen LogP contribution in [0.25, 0.3) is 0 Å². The molecule has 0 aromatic rings. The summed E-state index contributed by atoms with van der Waals surface area (Å²) in [6, 6.07) is 0. The van der Waals surface area contributed by atoms with Gasteiger partial charge in [-0.05, 0) is 6.42 Å². The minimum atomic E-state index is -0.487. The summed E-state index contributed by atoms with van der Waals surface area (Å²) in [5, 5.41) is 2.72. The van der Waals surface area contributed by atoms with E-state index in [1.54, 1.807) is 12.0 Å². The van der Waals surface area contributed by atoms with Crippen molar-refractivity contribution in [3.8, 4) is 0 Å². The Morgan fingerprint density at radius 1 is 1.24 bits per heavy atom. The molecule has 0 aromatic carbocycles. The molecule has 21 heavy (non-hydrogen) atoms. The first kappa shape index (κ1) is 16.2. The summed E-state index contributed by atoms with van der Waals surface area (Å²) < 4.78 is 16.1. The minimum Gasteiger partial charge on any atom is -0.385 e. The van der Waals surface area contributed by atoms with Gasteiger partial charge in [-0.2, -0.15) is 0 Å². The van der Waals surface area contributed by atoms with Crippen LogP contribution in [-0.2, 0) is 23.8 Å². The molecule has 2 fully saturated rings. The first-order valence-electron chi connectivity index (χ1n) is 7.46. The summed E-state index contributed by atoms with van der Waals surface area (Å²) in [5.74, 6) is -0.851. The van der Waals surface area contributed by atoms with Crippen LogP contribution in [0.3, 0.4) is 0 Å². The van der Waals surface area contributed by atoms with Crippen molar-refractivity contribution in [1.82, 2.24) is 10.2 Å². The molecule has 1 spiro atoms. The van der Waals surface area contributed by atoms with Gasteiger partial charge in [-0.3, -0.25) is 9.59 Å². The van der Waals surface area contributed by atoms with Crippen LogP contribution in [0, 0.1) is 0 Å². The summed E-state index contributed by atoms with van der Waals surface area (Å²) >= 11 is 0. The number of carbonyl (C=O) groups excluding carboxylic acids is 2. The lowest BCUT2D eigenvalue weighted by Crippen LogP contribution is -2.48. The van der Waals surface area contributed by atoms with Crippen molar-refractivity contribution in [3.63, 3.8) is 0 Å². The Bertz CT molecular complexity index is 358. The second kappa shape index (κ2) is 7.72. The largest absolute Gasteiger partial charge is 0.385 e. The molecule has 0 unspecified atom stereocenters. The summed E-state index contributed by atoms with van der Waals surface area (Å²) in [7, 11) is 1.62. The van der Waals surface area contributed by atoms with Crippen LogP contribution in [0.4, 0.5) is 0 Å². The molecule has 120 valence electrons.